The second-order valence-corrected chi connectivity index (χ2v) is 7.81. The number of aliphatic imine (C=N–C) groups is 1. The van der Waals surface area contributed by atoms with Gasteiger partial charge in [0.1, 0.15) is 0 Å². The number of nitrogens with zero attached hydrogens (tertiary/aromatic N) is 3. The summed E-state index contributed by atoms with van der Waals surface area (Å²) in [5, 5.41) is 13.2. The van der Waals surface area contributed by atoms with E-state index in [-0.39, 0.29) is 35.6 Å². The molecule has 2 aliphatic heterocycles. The van der Waals surface area contributed by atoms with Gasteiger partial charge in [-0.05, 0) is 44.7 Å². The number of likely N-dealkylation sites (tertiary alicyclic amines) is 1. The number of fused-ring (bicyclic) bond motifs is 1. The number of aliphatic hydroxyl groups is 1. The third-order valence-electron chi connectivity index (χ3n) is 5.40. The van der Waals surface area contributed by atoms with Gasteiger partial charge in [0, 0.05) is 38.3 Å². The predicted molar refractivity (Wildman–Crippen MR) is 118 cm³/mol. The summed E-state index contributed by atoms with van der Waals surface area (Å²) in [4.78, 5) is 9.63. The number of hydrogen-bond donors (Lipinski definition) is 2. The minimum absolute atomic E-state index is 0. The van der Waals surface area contributed by atoms with Gasteiger partial charge in [-0.3, -0.25) is 9.89 Å². The Balaban J connectivity index is 0.00000243. The summed E-state index contributed by atoms with van der Waals surface area (Å²) >= 11 is 0. The first kappa shape index (κ1) is 21.4. The van der Waals surface area contributed by atoms with E-state index in [0.29, 0.717) is 6.54 Å². The summed E-state index contributed by atoms with van der Waals surface area (Å²) < 4.78 is 0. The van der Waals surface area contributed by atoms with Crippen LogP contribution in [0, 0.1) is 0 Å². The maximum Gasteiger partial charge on any atom is 0.194 e. The summed E-state index contributed by atoms with van der Waals surface area (Å²) in [6.07, 6.45) is 1.72. The van der Waals surface area contributed by atoms with Crippen LogP contribution in [0.1, 0.15) is 38.3 Å². The molecule has 3 rings (SSSR count). The van der Waals surface area contributed by atoms with Crippen molar-refractivity contribution in [3.63, 3.8) is 0 Å². The zero-order valence-corrected chi connectivity index (χ0v) is 18.6. The number of guanidine groups is 1. The normalized spacial score (nSPS) is 21.3. The molecule has 26 heavy (non-hydrogen) atoms. The first-order chi connectivity index (χ1) is 12.0. The van der Waals surface area contributed by atoms with Crippen molar-refractivity contribution in [2.45, 2.75) is 51.8 Å². The molecule has 1 fully saturated rings. The van der Waals surface area contributed by atoms with Crippen LogP contribution in [-0.2, 0) is 13.0 Å². The number of rotatable bonds is 4. The lowest BCUT2D eigenvalue weighted by molar-refractivity contribution is 0.111. The quantitative estimate of drug-likeness (QED) is 0.402. The first-order valence-electron chi connectivity index (χ1n) is 9.53. The van der Waals surface area contributed by atoms with Gasteiger partial charge < -0.3 is 15.3 Å². The molecule has 2 aliphatic rings. The van der Waals surface area contributed by atoms with Crippen molar-refractivity contribution in [3.05, 3.63) is 35.4 Å². The molecule has 5 nitrogen and oxygen atoms in total. The molecular formula is C20H33IN4O. The Kier molecular flexibility index (Phi) is 7.73. The van der Waals surface area contributed by atoms with Gasteiger partial charge in [-0.1, -0.05) is 24.3 Å². The number of aliphatic hydroxyl groups excluding tert-OH is 1. The van der Waals surface area contributed by atoms with E-state index in [4.69, 9.17) is 4.99 Å². The number of halogens is 1. The van der Waals surface area contributed by atoms with E-state index in [9.17, 15) is 5.11 Å². The van der Waals surface area contributed by atoms with E-state index < -0.39 is 0 Å². The molecule has 2 N–H and O–H groups in total. The van der Waals surface area contributed by atoms with Crippen molar-refractivity contribution in [1.82, 2.24) is 15.1 Å². The van der Waals surface area contributed by atoms with Crippen LogP contribution < -0.4 is 5.32 Å². The maximum atomic E-state index is 9.81. The Labute approximate surface area is 174 Å². The largest absolute Gasteiger partial charge is 0.391 e. The highest BCUT2D eigenvalue weighted by Gasteiger charge is 2.30. The van der Waals surface area contributed by atoms with E-state index in [0.717, 1.165) is 51.5 Å². The summed E-state index contributed by atoms with van der Waals surface area (Å²) in [5.41, 5.74) is 2.94. The van der Waals surface area contributed by atoms with Gasteiger partial charge in [0.25, 0.3) is 0 Å². The summed E-state index contributed by atoms with van der Waals surface area (Å²) in [6.45, 7) is 11.9. The molecule has 1 aromatic rings. The SMILES string of the molecule is CCNC(=NCC(C)(C)N1CCc2ccccc2C1)N1CC[C@@H](O)C1.I. The lowest BCUT2D eigenvalue weighted by Crippen LogP contribution is -2.49. The smallest absolute Gasteiger partial charge is 0.194 e. The molecule has 0 saturated carbocycles. The van der Waals surface area contributed by atoms with Crippen LogP contribution in [0.2, 0.25) is 0 Å². The molecule has 1 saturated heterocycles. The van der Waals surface area contributed by atoms with Crippen LogP contribution in [0.15, 0.2) is 29.3 Å². The van der Waals surface area contributed by atoms with Crippen LogP contribution >= 0.6 is 24.0 Å². The number of hydrogen-bond acceptors (Lipinski definition) is 3. The molecule has 0 aliphatic carbocycles. The summed E-state index contributed by atoms with van der Waals surface area (Å²) in [5.74, 6) is 0.935. The Morgan fingerprint density at radius 3 is 2.65 bits per heavy atom. The molecule has 0 unspecified atom stereocenters. The molecule has 0 aromatic heterocycles. The van der Waals surface area contributed by atoms with Crippen molar-refractivity contribution < 1.29 is 5.11 Å². The van der Waals surface area contributed by atoms with Crippen LogP contribution in [0.4, 0.5) is 0 Å². The van der Waals surface area contributed by atoms with E-state index in [2.05, 4.69) is 60.2 Å². The third kappa shape index (κ3) is 5.10. The van der Waals surface area contributed by atoms with E-state index in [1.54, 1.807) is 0 Å². The van der Waals surface area contributed by atoms with Crippen LogP contribution in [-0.4, -0.2) is 65.2 Å². The summed E-state index contributed by atoms with van der Waals surface area (Å²) in [6, 6.07) is 8.77. The fourth-order valence-corrected chi connectivity index (χ4v) is 3.74. The van der Waals surface area contributed by atoms with Crippen LogP contribution in [0.5, 0.6) is 0 Å². The van der Waals surface area contributed by atoms with Crippen LogP contribution in [0.25, 0.3) is 0 Å². The Morgan fingerprint density at radius 2 is 2.00 bits per heavy atom. The van der Waals surface area contributed by atoms with E-state index in [1.165, 1.54) is 11.1 Å². The fraction of sp³-hybridized carbons (Fsp3) is 0.650. The third-order valence-corrected chi connectivity index (χ3v) is 5.40. The molecule has 146 valence electrons. The Bertz CT molecular complexity index is 620. The maximum absolute atomic E-state index is 9.81. The highest BCUT2D eigenvalue weighted by molar-refractivity contribution is 14.0. The number of β-amino-alcohol motifs (C(OH)–C–C–N with tert-alkyl or cyclic N) is 1. The number of benzene rings is 1. The zero-order valence-electron chi connectivity index (χ0n) is 16.2. The van der Waals surface area contributed by atoms with Crippen molar-refractivity contribution in [2.75, 3.05) is 32.7 Å². The second kappa shape index (κ2) is 9.37. The van der Waals surface area contributed by atoms with E-state index >= 15 is 0 Å². The van der Waals surface area contributed by atoms with Gasteiger partial charge in [-0.2, -0.15) is 0 Å². The van der Waals surface area contributed by atoms with Crippen molar-refractivity contribution in [2.24, 2.45) is 4.99 Å². The van der Waals surface area contributed by atoms with Crippen molar-refractivity contribution >= 4 is 29.9 Å². The van der Waals surface area contributed by atoms with Crippen LogP contribution in [0.3, 0.4) is 0 Å². The average Bonchev–Trinajstić information content (AvgIpc) is 3.04. The molecular weight excluding hydrogens is 439 g/mol. The minimum atomic E-state index is -0.226. The van der Waals surface area contributed by atoms with Gasteiger partial charge in [-0.25, -0.2) is 0 Å². The molecule has 0 amide bonds. The molecule has 2 heterocycles. The fourth-order valence-electron chi connectivity index (χ4n) is 3.74. The van der Waals surface area contributed by atoms with Gasteiger partial charge in [-0.15, -0.1) is 24.0 Å². The first-order valence-corrected chi connectivity index (χ1v) is 9.53. The molecule has 0 radical (unpaired) electrons. The minimum Gasteiger partial charge on any atom is -0.391 e. The zero-order chi connectivity index (χ0) is 17.9. The highest BCUT2D eigenvalue weighted by Crippen LogP contribution is 2.25. The van der Waals surface area contributed by atoms with Crippen molar-refractivity contribution in [3.8, 4) is 0 Å². The molecule has 6 heteroatoms. The van der Waals surface area contributed by atoms with Crippen molar-refractivity contribution in [1.29, 1.82) is 0 Å². The standard InChI is InChI=1S/C20H32N4O.HI/c1-4-21-19(23-11-10-18(25)14-23)22-15-20(2,3)24-12-9-16-7-5-6-8-17(16)13-24;/h5-8,18,25H,4,9-15H2,1-3H3,(H,21,22);1H/t18-;/m1./s1. The second-order valence-electron chi connectivity index (χ2n) is 7.81. The van der Waals surface area contributed by atoms with Gasteiger partial charge >= 0.3 is 0 Å². The monoisotopic (exact) mass is 472 g/mol. The van der Waals surface area contributed by atoms with Gasteiger partial charge in [0.05, 0.1) is 12.6 Å². The molecule has 1 atom stereocenters. The van der Waals surface area contributed by atoms with Gasteiger partial charge in [0.2, 0.25) is 0 Å². The summed E-state index contributed by atoms with van der Waals surface area (Å²) in [7, 11) is 0. The predicted octanol–water partition coefficient (Wildman–Crippen LogP) is 2.47. The topological polar surface area (TPSA) is 51.1 Å². The highest BCUT2D eigenvalue weighted by atomic mass is 127. The van der Waals surface area contributed by atoms with E-state index in [1.807, 2.05) is 0 Å². The lowest BCUT2D eigenvalue weighted by atomic mass is 9.94. The molecule has 0 bridgehead atoms. The Morgan fingerprint density at radius 1 is 1.27 bits per heavy atom. The van der Waals surface area contributed by atoms with Gasteiger partial charge in [0.15, 0.2) is 5.96 Å². The average molecular weight is 472 g/mol. The lowest BCUT2D eigenvalue weighted by Gasteiger charge is -2.41. The number of nitrogens with one attached hydrogen (secondary N) is 1. The Hall–Kier alpha value is -0.860. The molecule has 0 spiro atoms. The molecule has 1 aromatic carbocycles.